The van der Waals surface area contributed by atoms with Gasteiger partial charge in [-0.15, -0.1) is 0 Å². The quantitative estimate of drug-likeness (QED) is 0.733. The number of nitrogens with one attached hydrogen (secondary N) is 1. The Hall–Kier alpha value is -1.55. The molecular weight excluding hydrogens is 407 g/mol. The van der Waals surface area contributed by atoms with Crippen molar-refractivity contribution >= 4 is 0 Å². The zero-order chi connectivity index (χ0) is 21.8. The van der Waals surface area contributed by atoms with Gasteiger partial charge in [-0.2, -0.15) is 4.39 Å². The third kappa shape index (κ3) is 4.94. The first-order valence-corrected chi connectivity index (χ1v) is 11.7. The molecule has 2 saturated heterocycles. The lowest BCUT2D eigenvalue weighted by Gasteiger charge is -2.31. The summed E-state index contributed by atoms with van der Waals surface area (Å²) in [5.74, 6) is -1.87. The van der Waals surface area contributed by atoms with E-state index in [1.54, 1.807) is 0 Å². The van der Waals surface area contributed by atoms with E-state index in [0.29, 0.717) is 0 Å². The van der Waals surface area contributed by atoms with E-state index < -0.39 is 47.4 Å². The van der Waals surface area contributed by atoms with E-state index in [0.717, 1.165) is 49.3 Å². The molecule has 0 radical (unpaired) electrons. The highest BCUT2D eigenvalue weighted by Gasteiger charge is 2.58. The Labute approximate surface area is 180 Å². The average molecular weight is 441 g/mol. The number of hydrogen-bond acceptors (Lipinski definition) is 6. The van der Waals surface area contributed by atoms with E-state index in [4.69, 9.17) is 14.2 Å². The number of hydrogen-bond donors (Lipinski definition) is 2. The lowest BCUT2D eigenvalue weighted by atomic mass is 10.00. The predicted octanol–water partition coefficient (Wildman–Crippen LogP) is 2.74. The first-order valence-electron chi connectivity index (χ1n) is 11.7. The van der Waals surface area contributed by atoms with Gasteiger partial charge in [-0.25, -0.2) is 4.79 Å². The van der Waals surface area contributed by atoms with Gasteiger partial charge in [0.2, 0.25) is 5.82 Å². The number of aliphatic hydroxyl groups is 1. The van der Waals surface area contributed by atoms with Gasteiger partial charge in [0.05, 0.1) is 12.8 Å². The highest BCUT2D eigenvalue weighted by molar-refractivity contribution is 5.00. The number of fused-ring (bicyclic) bond motifs is 1. The van der Waals surface area contributed by atoms with E-state index in [1.807, 2.05) is 4.98 Å². The second-order valence-electron chi connectivity index (χ2n) is 9.00. The van der Waals surface area contributed by atoms with Crippen LogP contribution in [0.5, 0.6) is 0 Å². The number of aromatic nitrogens is 2. The lowest BCUT2D eigenvalue weighted by molar-refractivity contribution is -0.228. The summed E-state index contributed by atoms with van der Waals surface area (Å²) in [6, 6.07) is 0. The molecule has 31 heavy (non-hydrogen) atoms. The van der Waals surface area contributed by atoms with E-state index in [9.17, 15) is 19.1 Å². The molecule has 8 nitrogen and oxygen atoms in total. The third-order valence-electron chi connectivity index (χ3n) is 6.73. The van der Waals surface area contributed by atoms with Gasteiger partial charge in [-0.05, 0) is 12.8 Å². The molecule has 1 spiro atoms. The maximum Gasteiger partial charge on any atom is 0.330 e. The highest BCUT2D eigenvalue weighted by atomic mass is 19.1. The van der Waals surface area contributed by atoms with Crippen LogP contribution in [0.2, 0.25) is 0 Å². The van der Waals surface area contributed by atoms with Crippen molar-refractivity contribution in [2.24, 2.45) is 0 Å². The van der Waals surface area contributed by atoms with Crippen LogP contribution in [0.25, 0.3) is 0 Å². The molecule has 1 aliphatic carbocycles. The van der Waals surface area contributed by atoms with Crippen LogP contribution in [0.3, 0.4) is 0 Å². The van der Waals surface area contributed by atoms with Crippen LogP contribution in [-0.2, 0) is 14.2 Å². The standard InChI is InChI=1S/C22H33FN2O6/c23-15-13-25(21(28)24-19(15)27)20-18-17(16(14-26)29-20)30-22(31-18)11-9-7-5-3-1-2-4-6-8-10-12-22/h13,16-18,20,26H,1-12,14H2,(H,24,27,28)/t16-,17-,18-,20-/m1/s1. The Bertz CT molecular complexity index is 841. The van der Waals surface area contributed by atoms with Crippen LogP contribution < -0.4 is 11.2 Å². The summed E-state index contributed by atoms with van der Waals surface area (Å²) in [4.78, 5) is 25.7. The second-order valence-corrected chi connectivity index (χ2v) is 9.00. The van der Waals surface area contributed by atoms with Crippen LogP contribution in [-0.4, -0.2) is 45.4 Å². The van der Waals surface area contributed by atoms with Crippen molar-refractivity contribution in [2.45, 2.75) is 107 Å². The molecule has 3 fully saturated rings. The molecule has 0 amide bonds. The van der Waals surface area contributed by atoms with Crippen LogP contribution in [0.15, 0.2) is 15.8 Å². The van der Waals surface area contributed by atoms with E-state index in [-0.39, 0.29) is 6.61 Å². The summed E-state index contributed by atoms with van der Waals surface area (Å²) in [7, 11) is 0. The Morgan fingerprint density at radius 2 is 1.52 bits per heavy atom. The minimum absolute atomic E-state index is 0.308. The fourth-order valence-corrected chi connectivity index (χ4v) is 5.08. The normalized spacial score (nSPS) is 32.2. The molecule has 1 saturated carbocycles. The number of nitrogens with zero attached hydrogens (tertiary/aromatic N) is 1. The van der Waals surface area contributed by atoms with Gasteiger partial charge in [-0.3, -0.25) is 14.3 Å². The predicted molar refractivity (Wildman–Crippen MR) is 110 cm³/mol. The number of aromatic amines is 1. The monoisotopic (exact) mass is 440 g/mol. The highest BCUT2D eigenvalue weighted by Crippen LogP contribution is 2.46. The zero-order valence-corrected chi connectivity index (χ0v) is 17.9. The molecule has 0 bridgehead atoms. The molecule has 0 aromatic carbocycles. The van der Waals surface area contributed by atoms with Crippen molar-refractivity contribution < 1.29 is 23.7 Å². The van der Waals surface area contributed by atoms with Crippen LogP contribution in [0.4, 0.5) is 4.39 Å². The first kappa shape index (κ1) is 22.6. The van der Waals surface area contributed by atoms with Crippen molar-refractivity contribution in [3.63, 3.8) is 0 Å². The molecule has 3 heterocycles. The maximum atomic E-state index is 13.9. The van der Waals surface area contributed by atoms with Gasteiger partial charge in [-0.1, -0.05) is 51.4 Å². The summed E-state index contributed by atoms with van der Waals surface area (Å²) >= 11 is 0. The SMILES string of the molecule is O=c1[nH]c(=O)n([C@@H]2O[C@H](CO)[C@H]3OC4(CCCCCCCCCCCC4)O[C@H]32)cc1F. The smallest absolute Gasteiger partial charge is 0.330 e. The number of rotatable bonds is 2. The average Bonchev–Trinajstić information content (AvgIpc) is 3.27. The molecule has 0 unspecified atom stereocenters. The Balaban J connectivity index is 1.56. The minimum Gasteiger partial charge on any atom is -0.394 e. The second kappa shape index (κ2) is 9.94. The topological polar surface area (TPSA) is 103 Å². The number of aliphatic hydroxyl groups excluding tert-OH is 1. The van der Waals surface area contributed by atoms with Crippen LogP contribution in [0.1, 0.15) is 83.3 Å². The summed E-state index contributed by atoms with van der Waals surface area (Å²) < 4.78 is 33.5. The first-order chi connectivity index (χ1) is 15.0. The van der Waals surface area contributed by atoms with Gasteiger partial charge in [0.1, 0.15) is 18.3 Å². The molecule has 4 rings (SSSR count). The van der Waals surface area contributed by atoms with Crippen molar-refractivity contribution in [1.82, 2.24) is 9.55 Å². The molecule has 3 aliphatic rings. The molecule has 4 atom stereocenters. The molecular formula is C22H33FN2O6. The number of ether oxygens (including phenoxy) is 3. The fourth-order valence-electron chi connectivity index (χ4n) is 5.08. The van der Waals surface area contributed by atoms with E-state index in [1.165, 1.54) is 38.5 Å². The van der Waals surface area contributed by atoms with Gasteiger partial charge in [0.15, 0.2) is 12.0 Å². The molecule has 1 aromatic rings. The Morgan fingerprint density at radius 3 is 2.10 bits per heavy atom. The molecule has 9 heteroatoms. The summed E-state index contributed by atoms with van der Waals surface area (Å²) in [6.45, 7) is -0.308. The molecule has 1 aromatic heterocycles. The minimum atomic E-state index is -1.08. The van der Waals surface area contributed by atoms with Gasteiger partial charge in [0, 0.05) is 12.8 Å². The molecule has 2 aliphatic heterocycles. The Kier molecular flexibility index (Phi) is 7.26. The number of H-pyrrole nitrogens is 1. The van der Waals surface area contributed by atoms with Crippen LogP contribution in [0, 0.1) is 5.82 Å². The van der Waals surface area contributed by atoms with Crippen LogP contribution >= 0.6 is 0 Å². The summed E-state index contributed by atoms with van der Waals surface area (Å²) in [5, 5.41) is 9.84. The van der Waals surface area contributed by atoms with Crippen molar-refractivity contribution in [2.75, 3.05) is 6.61 Å². The fraction of sp³-hybridized carbons (Fsp3) is 0.818. The van der Waals surface area contributed by atoms with Crippen molar-refractivity contribution in [1.29, 1.82) is 0 Å². The van der Waals surface area contributed by atoms with Gasteiger partial charge < -0.3 is 19.3 Å². The third-order valence-corrected chi connectivity index (χ3v) is 6.73. The van der Waals surface area contributed by atoms with Gasteiger partial charge >= 0.3 is 5.69 Å². The summed E-state index contributed by atoms with van der Waals surface area (Å²) in [6.07, 6.45) is 11.1. The largest absolute Gasteiger partial charge is 0.394 e. The van der Waals surface area contributed by atoms with Gasteiger partial charge in [0.25, 0.3) is 5.56 Å². The van der Waals surface area contributed by atoms with Crippen molar-refractivity contribution in [3.05, 3.63) is 32.9 Å². The number of halogens is 1. The molecule has 174 valence electrons. The van der Waals surface area contributed by atoms with E-state index >= 15 is 0 Å². The summed E-state index contributed by atoms with van der Waals surface area (Å²) in [5.41, 5.74) is -1.86. The molecule has 2 N–H and O–H groups in total. The zero-order valence-electron chi connectivity index (χ0n) is 17.9. The van der Waals surface area contributed by atoms with E-state index in [2.05, 4.69) is 0 Å². The maximum absolute atomic E-state index is 13.9. The lowest BCUT2D eigenvalue weighted by Crippen LogP contribution is -2.39. The van der Waals surface area contributed by atoms with Crippen molar-refractivity contribution in [3.8, 4) is 0 Å². The Morgan fingerprint density at radius 1 is 0.968 bits per heavy atom.